The van der Waals surface area contributed by atoms with Gasteiger partial charge >= 0.3 is 0 Å². The molecule has 35 heavy (non-hydrogen) atoms. The lowest BCUT2D eigenvalue weighted by Crippen LogP contribution is -2.62. The molecule has 0 spiro atoms. The Kier molecular flexibility index (Phi) is 6.15. The molecule has 1 aromatic rings. The van der Waals surface area contributed by atoms with Crippen LogP contribution in [0.1, 0.15) is 116 Å². The minimum Gasteiger partial charge on any atom is -0.425 e. The van der Waals surface area contributed by atoms with Gasteiger partial charge in [-0.25, -0.2) is 0 Å². The molecule has 0 aliphatic heterocycles. The third-order valence-corrected chi connectivity index (χ3v) is 12.4. The van der Waals surface area contributed by atoms with Crippen molar-refractivity contribution < 1.29 is 14.6 Å². The van der Waals surface area contributed by atoms with Crippen LogP contribution in [-0.4, -0.2) is 32.6 Å². The second-order valence-corrected chi connectivity index (χ2v) is 13.9. The number of aryl methyl sites for hydroxylation is 1. The zero-order valence-corrected chi connectivity index (χ0v) is 22.5. The van der Waals surface area contributed by atoms with Crippen LogP contribution < -0.4 is 0 Å². The van der Waals surface area contributed by atoms with Gasteiger partial charge in [0.05, 0.1) is 12.2 Å². The van der Waals surface area contributed by atoms with E-state index in [2.05, 4.69) is 37.9 Å². The van der Waals surface area contributed by atoms with Gasteiger partial charge in [0.1, 0.15) is 0 Å². The van der Waals surface area contributed by atoms with Crippen LogP contribution in [0.3, 0.4) is 0 Å². The molecular weight excluding hydrogens is 436 g/mol. The highest BCUT2D eigenvalue weighted by Gasteiger charge is 2.64. The Morgan fingerprint density at radius 1 is 0.943 bits per heavy atom. The largest absolute Gasteiger partial charge is 0.425 e. The number of nitrogens with zero attached hydrogens (tertiary/aromatic N) is 2. The van der Waals surface area contributed by atoms with Gasteiger partial charge < -0.3 is 14.6 Å². The summed E-state index contributed by atoms with van der Waals surface area (Å²) in [5.41, 5.74) is 0.608. The molecule has 0 aromatic carbocycles. The molecule has 196 valence electrons. The van der Waals surface area contributed by atoms with Crippen molar-refractivity contribution in [2.45, 2.75) is 123 Å². The molecule has 5 aliphatic carbocycles. The Balaban J connectivity index is 1.19. The van der Waals surface area contributed by atoms with Crippen molar-refractivity contribution in [1.82, 2.24) is 10.2 Å². The first-order valence-corrected chi connectivity index (χ1v) is 14.9. The summed E-state index contributed by atoms with van der Waals surface area (Å²) in [5, 5.41) is 31.0. The molecule has 2 N–H and O–H groups in total. The maximum Gasteiger partial charge on any atom is 0.219 e. The number of fused-ring (bicyclic) bond motifs is 5. The Bertz CT molecular complexity index is 913. The molecule has 5 saturated carbocycles. The summed E-state index contributed by atoms with van der Waals surface area (Å²) in [5.74, 6) is 6.06. The molecule has 0 amide bonds. The standard InChI is InChI=1S/C30H48N2O3/c1-5-20-24-16-19(33)12-14-30(24,4)23-13-15-29(3)21(9-10-22(29)26(23)27(20)34)17(2)6-11-25-31-32-28(35-25)18-7-8-18/h17-24,26-27,33-34H,5-16H2,1-4H3/t17-,19-,20-,21-,22+,23+,24?,26+,27-,29-,30-/m1/s1. The second-order valence-electron chi connectivity index (χ2n) is 13.9. The van der Waals surface area contributed by atoms with E-state index in [1.54, 1.807) is 0 Å². The van der Waals surface area contributed by atoms with Crippen LogP contribution in [0.2, 0.25) is 0 Å². The monoisotopic (exact) mass is 484 g/mol. The number of aliphatic hydroxyl groups is 2. The van der Waals surface area contributed by atoms with Gasteiger partial charge in [-0.2, -0.15) is 0 Å². The van der Waals surface area contributed by atoms with E-state index in [1.165, 1.54) is 38.5 Å². The molecule has 5 heteroatoms. The molecule has 5 nitrogen and oxygen atoms in total. The molecule has 5 aliphatic rings. The summed E-state index contributed by atoms with van der Waals surface area (Å²) < 4.78 is 5.96. The van der Waals surface area contributed by atoms with E-state index in [0.717, 1.165) is 50.3 Å². The van der Waals surface area contributed by atoms with Crippen molar-refractivity contribution in [2.75, 3.05) is 0 Å². The SMILES string of the molecule is CC[C@@H]1C2C[C@H](O)CC[C@]2(C)[C@H]2CC[C@]3(C)[C@@H]([C@H](C)CCc4nnc(C5CC5)o4)CC[C@H]3[C@@H]2[C@@H]1O. The maximum atomic E-state index is 11.9. The molecule has 0 radical (unpaired) electrons. The van der Waals surface area contributed by atoms with Crippen LogP contribution in [0.25, 0.3) is 0 Å². The molecule has 11 atom stereocenters. The van der Waals surface area contributed by atoms with Crippen molar-refractivity contribution in [1.29, 1.82) is 0 Å². The van der Waals surface area contributed by atoms with Crippen LogP contribution in [0.4, 0.5) is 0 Å². The average Bonchev–Trinajstić information content (AvgIpc) is 3.47. The topological polar surface area (TPSA) is 79.4 Å². The molecule has 0 bridgehead atoms. The van der Waals surface area contributed by atoms with Gasteiger partial charge in [-0.05, 0) is 116 Å². The summed E-state index contributed by atoms with van der Waals surface area (Å²) in [7, 11) is 0. The van der Waals surface area contributed by atoms with Crippen LogP contribution in [0.15, 0.2) is 4.42 Å². The highest BCUT2D eigenvalue weighted by molar-refractivity contribution is 5.13. The fourth-order valence-corrected chi connectivity index (χ4v) is 10.3. The van der Waals surface area contributed by atoms with E-state index in [0.29, 0.717) is 52.8 Å². The highest BCUT2D eigenvalue weighted by Crippen LogP contribution is 2.69. The van der Waals surface area contributed by atoms with Crippen molar-refractivity contribution in [3.05, 3.63) is 11.8 Å². The van der Waals surface area contributed by atoms with E-state index in [9.17, 15) is 10.2 Å². The normalized spacial score (nSPS) is 48.2. The van der Waals surface area contributed by atoms with E-state index in [1.807, 2.05) is 0 Å². The summed E-state index contributed by atoms with van der Waals surface area (Å²) in [6.07, 6.45) is 13.2. The van der Waals surface area contributed by atoms with Crippen molar-refractivity contribution in [3.8, 4) is 0 Å². The summed E-state index contributed by atoms with van der Waals surface area (Å²) >= 11 is 0. The molecule has 6 rings (SSSR count). The second kappa shape index (κ2) is 8.82. The van der Waals surface area contributed by atoms with Gasteiger partial charge in [0.15, 0.2) is 0 Å². The van der Waals surface area contributed by atoms with Crippen LogP contribution in [-0.2, 0) is 6.42 Å². The zero-order chi connectivity index (χ0) is 24.5. The van der Waals surface area contributed by atoms with Crippen LogP contribution in [0.5, 0.6) is 0 Å². The number of hydrogen-bond acceptors (Lipinski definition) is 5. The number of rotatable bonds is 6. The van der Waals surface area contributed by atoms with E-state index in [4.69, 9.17) is 4.42 Å². The Morgan fingerprint density at radius 2 is 1.69 bits per heavy atom. The van der Waals surface area contributed by atoms with Gasteiger partial charge in [0.25, 0.3) is 0 Å². The first-order chi connectivity index (χ1) is 16.8. The summed E-state index contributed by atoms with van der Waals surface area (Å²) in [6, 6.07) is 0. The smallest absolute Gasteiger partial charge is 0.219 e. The number of aliphatic hydroxyl groups excluding tert-OH is 2. The highest BCUT2D eigenvalue weighted by atomic mass is 16.4. The van der Waals surface area contributed by atoms with Gasteiger partial charge in [-0.1, -0.05) is 34.1 Å². The molecule has 1 unspecified atom stereocenters. The lowest BCUT2D eigenvalue weighted by Gasteiger charge is -2.64. The molecule has 1 heterocycles. The van der Waals surface area contributed by atoms with E-state index < -0.39 is 0 Å². The Labute approximate surface area is 211 Å². The predicted octanol–water partition coefficient (Wildman–Crippen LogP) is 6.14. The van der Waals surface area contributed by atoms with Crippen molar-refractivity contribution in [2.24, 2.45) is 52.3 Å². The van der Waals surface area contributed by atoms with Gasteiger partial charge in [-0.3, -0.25) is 0 Å². The molecule has 5 fully saturated rings. The summed E-state index contributed by atoms with van der Waals surface area (Å²) in [4.78, 5) is 0. The van der Waals surface area contributed by atoms with E-state index in [-0.39, 0.29) is 17.6 Å². The average molecular weight is 485 g/mol. The first kappa shape index (κ1) is 24.4. The zero-order valence-electron chi connectivity index (χ0n) is 22.5. The van der Waals surface area contributed by atoms with Crippen LogP contribution in [0, 0.1) is 52.3 Å². The first-order valence-electron chi connectivity index (χ1n) is 14.9. The fourth-order valence-electron chi connectivity index (χ4n) is 10.3. The van der Waals surface area contributed by atoms with Crippen molar-refractivity contribution in [3.63, 3.8) is 0 Å². The van der Waals surface area contributed by atoms with Gasteiger partial charge in [-0.15, -0.1) is 10.2 Å². The lowest BCUT2D eigenvalue weighted by atomic mass is 9.41. The molecule has 1 aromatic heterocycles. The minimum atomic E-state index is -0.203. The molecular formula is C30H48N2O3. The third kappa shape index (κ3) is 3.85. The summed E-state index contributed by atoms with van der Waals surface area (Å²) in [6.45, 7) is 9.83. The van der Waals surface area contributed by atoms with Gasteiger partial charge in [0.2, 0.25) is 11.8 Å². The van der Waals surface area contributed by atoms with E-state index >= 15 is 0 Å². The van der Waals surface area contributed by atoms with Crippen molar-refractivity contribution >= 4 is 0 Å². The predicted molar refractivity (Wildman–Crippen MR) is 136 cm³/mol. The minimum absolute atomic E-state index is 0.171. The Hall–Kier alpha value is -0.940. The molecule has 0 saturated heterocycles. The lowest BCUT2D eigenvalue weighted by molar-refractivity contribution is -0.203. The maximum absolute atomic E-state index is 11.9. The third-order valence-electron chi connectivity index (χ3n) is 12.4. The number of aromatic nitrogens is 2. The number of hydrogen-bond donors (Lipinski definition) is 2. The fraction of sp³-hybridized carbons (Fsp3) is 0.933. The quantitative estimate of drug-likeness (QED) is 0.507. The Morgan fingerprint density at radius 3 is 2.43 bits per heavy atom. The van der Waals surface area contributed by atoms with Crippen LogP contribution >= 0.6 is 0 Å². The van der Waals surface area contributed by atoms with Gasteiger partial charge in [0, 0.05) is 12.3 Å².